The van der Waals surface area contributed by atoms with E-state index < -0.39 is 4.92 Å². The Morgan fingerprint density at radius 2 is 2.10 bits per heavy atom. The number of benzene rings is 1. The van der Waals surface area contributed by atoms with Crippen LogP contribution in [-0.2, 0) is 4.74 Å². The quantitative estimate of drug-likeness (QED) is 0.484. The van der Waals surface area contributed by atoms with Crippen LogP contribution in [0.25, 0.3) is 0 Å². The van der Waals surface area contributed by atoms with E-state index in [0.717, 1.165) is 26.1 Å². The van der Waals surface area contributed by atoms with Crippen LogP contribution >= 0.6 is 0 Å². The van der Waals surface area contributed by atoms with Crippen molar-refractivity contribution in [3.63, 3.8) is 0 Å². The maximum Gasteiger partial charge on any atom is 0.273 e. The number of hydrogen-bond donors (Lipinski definition) is 1. The van der Waals surface area contributed by atoms with Gasteiger partial charge in [0.2, 0.25) is 0 Å². The van der Waals surface area contributed by atoms with E-state index >= 15 is 0 Å². The zero-order chi connectivity index (χ0) is 15.2. The van der Waals surface area contributed by atoms with Crippen molar-refractivity contribution in [1.29, 1.82) is 0 Å². The van der Waals surface area contributed by atoms with E-state index in [4.69, 9.17) is 9.47 Å². The molecule has 1 fully saturated rings. The molecular formula is C15H23N2O4+. The van der Waals surface area contributed by atoms with Gasteiger partial charge in [0.15, 0.2) is 0 Å². The minimum atomic E-state index is -0.409. The van der Waals surface area contributed by atoms with Gasteiger partial charge < -0.3 is 14.4 Å². The number of nitro groups is 1. The lowest BCUT2D eigenvalue weighted by Crippen LogP contribution is -3.15. The van der Waals surface area contributed by atoms with Crippen LogP contribution in [0.15, 0.2) is 24.3 Å². The molecule has 0 aromatic heterocycles. The van der Waals surface area contributed by atoms with E-state index in [1.165, 1.54) is 17.0 Å². The zero-order valence-corrected chi connectivity index (χ0v) is 12.6. The van der Waals surface area contributed by atoms with Crippen molar-refractivity contribution in [2.24, 2.45) is 0 Å². The van der Waals surface area contributed by atoms with E-state index in [0.29, 0.717) is 24.6 Å². The lowest BCUT2D eigenvalue weighted by atomic mass is 10.2. The summed E-state index contributed by atoms with van der Waals surface area (Å²) in [6.45, 7) is 7.88. The number of ether oxygens (including phenoxy) is 2. The molecule has 1 aromatic rings. The SMILES string of the molecule is C[C@@H]1C[NH+](CCCOc2cccc([N+](=O)[O-])c2)C[C@@H](C)O1. The van der Waals surface area contributed by atoms with Crippen molar-refractivity contribution < 1.29 is 19.3 Å². The van der Waals surface area contributed by atoms with Gasteiger partial charge in [0.05, 0.1) is 24.1 Å². The van der Waals surface area contributed by atoms with Gasteiger partial charge in [0.25, 0.3) is 5.69 Å². The molecule has 0 unspecified atom stereocenters. The summed E-state index contributed by atoms with van der Waals surface area (Å²) in [7, 11) is 0. The van der Waals surface area contributed by atoms with Gasteiger partial charge in [-0.1, -0.05) is 6.07 Å². The number of quaternary nitrogens is 1. The summed E-state index contributed by atoms with van der Waals surface area (Å²) in [5, 5.41) is 10.7. The molecule has 21 heavy (non-hydrogen) atoms. The second-order valence-corrected chi connectivity index (χ2v) is 5.62. The second-order valence-electron chi connectivity index (χ2n) is 5.62. The highest BCUT2D eigenvalue weighted by atomic mass is 16.6. The van der Waals surface area contributed by atoms with Crippen molar-refractivity contribution in [3.05, 3.63) is 34.4 Å². The number of hydrogen-bond acceptors (Lipinski definition) is 4. The highest BCUT2D eigenvalue weighted by Gasteiger charge is 2.24. The lowest BCUT2D eigenvalue weighted by molar-refractivity contribution is -0.915. The summed E-state index contributed by atoms with van der Waals surface area (Å²) in [6, 6.07) is 6.32. The van der Waals surface area contributed by atoms with Gasteiger partial charge in [-0.15, -0.1) is 0 Å². The van der Waals surface area contributed by atoms with E-state index in [2.05, 4.69) is 13.8 Å². The van der Waals surface area contributed by atoms with Gasteiger partial charge in [0, 0.05) is 12.5 Å². The third kappa shape index (κ3) is 4.99. The van der Waals surface area contributed by atoms with E-state index in [1.54, 1.807) is 12.1 Å². The smallest absolute Gasteiger partial charge is 0.273 e. The molecule has 0 aliphatic carbocycles. The first-order chi connectivity index (χ1) is 10.0. The molecule has 116 valence electrons. The third-order valence-electron chi connectivity index (χ3n) is 3.59. The summed E-state index contributed by atoms with van der Waals surface area (Å²) in [5.74, 6) is 0.558. The van der Waals surface area contributed by atoms with Crippen molar-refractivity contribution in [3.8, 4) is 5.75 Å². The largest absolute Gasteiger partial charge is 0.493 e. The molecule has 1 saturated heterocycles. The molecule has 0 saturated carbocycles. The third-order valence-corrected chi connectivity index (χ3v) is 3.59. The minimum absolute atomic E-state index is 0.0638. The van der Waals surface area contributed by atoms with E-state index in [-0.39, 0.29) is 5.69 Å². The molecule has 6 heteroatoms. The van der Waals surface area contributed by atoms with Crippen LogP contribution in [0.5, 0.6) is 5.75 Å². The van der Waals surface area contributed by atoms with Gasteiger partial charge in [-0.2, -0.15) is 0 Å². The fourth-order valence-electron chi connectivity index (χ4n) is 2.79. The number of morpholine rings is 1. The van der Waals surface area contributed by atoms with E-state index in [1.807, 2.05) is 0 Å². The van der Waals surface area contributed by atoms with Crippen LogP contribution in [0, 0.1) is 10.1 Å². The molecule has 0 radical (unpaired) electrons. The Balaban J connectivity index is 1.72. The number of non-ortho nitro benzene ring substituents is 1. The molecular weight excluding hydrogens is 272 g/mol. The van der Waals surface area contributed by atoms with Crippen molar-refractivity contribution in [1.82, 2.24) is 0 Å². The predicted octanol–water partition coefficient (Wildman–Crippen LogP) is 1.06. The summed E-state index contributed by atoms with van der Waals surface area (Å²) in [4.78, 5) is 11.8. The van der Waals surface area contributed by atoms with Crippen molar-refractivity contribution >= 4 is 5.69 Å². The molecule has 1 aliphatic rings. The highest BCUT2D eigenvalue weighted by Crippen LogP contribution is 2.18. The number of nitro benzene ring substituents is 1. The van der Waals surface area contributed by atoms with Gasteiger partial charge >= 0.3 is 0 Å². The molecule has 0 bridgehead atoms. The number of rotatable bonds is 6. The van der Waals surface area contributed by atoms with Crippen LogP contribution < -0.4 is 9.64 Å². The maximum atomic E-state index is 10.7. The molecule has 1 heterocycles. The fourth-order valence-corrected chi connectivity index (χ4v) is 2.79. The topological polar surface area (TPSA) is 66.0 Å². The van der Waals surface area contributed by atoms with Crippen LogP contribution in [0.1, 0.15) is 20.3 Å². The van der Waals surface area contributed by atoms with Crippen LogP contribution in [0.3, 0.4) is 0 Å². The molecule has 2 atom stereocenters. The Morgan fingerprint density at radius 1 is 1.38 bits per heavy atom. The molecule has 1 aromatic carbocycles. The average Bonchev–Trinajstić information content (AvgIpc) is 2.43. The molecule has 6 nitrogen and oxygen atoms in total. The summed E-state index contributed by atoms with van der Waals surface area (Å²) in [6.07, 6.45) is 1.54. The summed E-state index contributed by atoms with van der Waals surface area (Å²) >= 11 is 0. The van der Waals surface area contributed by atoms with Gasteiger partial charge in [-0.05, 0) is 19.9 Å². The lowest BCUT2D eigenvalue weighted by Gasteiger charge is -2.32. The Hall–Kier alpha value is -1.66. The van der Waals surface area contributed by atoms with Gasteiger partial charge in [-0.25, -0.2) is 0 Å². The minimum Gasteiger partial charge on any atom is -0.493 e. The predicted molar refractivity (Wildman–Crippen MR) is 78.8 cm³/mol. The van der Waals surface area contributed by atoms with E-state index in [9.17, 15) is 10.1 Å². The summed E-state index contributed by atoms with van der Waals surface area (Å²) < 4.78 is 11.3. The van der Waals surface area contributed by atoms with Crippen LogP contribution in [0.4, 0.5) is 5.69 Å². The molecule has 0 spiro atoms. The van der Waals surface area contributed by atoms with Gasteiger partial charge in [0.1, 0.15) is 31.0 Å². The Labute approximate surface area is 124 Å². The summed E-state index contributed by atoms with van der Waals surface area (Å²) in [5.41, 5.74) is 0.0638. The zero-order valence-electron chi connectivity index (χ0n) is 12.6. The second kappa shape index (κ2) is 7.38. The molecule has 2 rings (SSSR count). The Bertz CT molecular complexity index is 470. The van der Waals surface area contributed by atoms with Crippen LogP contribution in [-0.4, -0.2) is 43.4 Å². The first-order valence-corrected chi connectivity index (χ1v) is 7.41. The Kier molecular flexibility index (Phi) is 5.52. The number of nitrogens with one attached hydrogen (secondary N) is 1. The van der Waals surface area contributed by atoms with Crippen LogP contribution in [0.2, 0.25) is 0 Å². The van der Waals surface area contributed by atoms with Crippen molar-refractivity contribution in [2.75, 3.05) is 26.2 Å². The fraction of sp³-hybridized carbons (Fsp3) is 0.600. The van der Waals surface area contributed by atoms with Gasteiger partial charge in [-0.3, -0.25) is 10.1 Å². The normalized spacial score (nSPS) is 25.5. The Morgan fingerprint density at radius 3 is 2.76 bits per heavy atom. The first kappa shape index (κ1) is 15.7. The molecule has 1 N–H and O–H groups in total. The molecule has 1 aliphatic heterocycles. The van der Waals surface area contributed by atoms with Crippen molar-refractivity contribution in [2.45, 2.75) is 32.5 Å². The maximum absolute atomic E-state index is 10.7. The molecule has 0 amide bonds. The standard InChI is InChI=1S/C15H22N2O4/c1-12-10-16(11-13(2)21-12)7-4-8-20-15-6-3-5-14(9-15)17(18)19/h3,5-6,9,12-13H,4,7-8,10-11H2,1-2H3/p+1/t12-,13-/m1/s1. The number of nitrogens with zero attached hydrogens (tertiary/aromatic N) is 1. The first-order valence-electron chi connectivity index (χ1n) is 7.41. The highest BCUT2D eigenvalue weighted by molar-refractivity contribution is 5.37. The monoisotopic (exact) mass is 295 g/mol. The average molecular weight is 295 g/mol.